The van der Waals surface area contributed by atoms with Gasteiger partial charge in [0.15, 0.2) is 0 Å². The van der Waals surface area contributed by atoms with Crippen molar-refractivity contribution in [1.82, 2.24) is 0 Å². The Hall–Kier alpha value is -1.67. The van der Waals surface area contributed by atoms with E-state index >= 15 is 0 Å². The van der Waals surface area contributed by atoms with Gasteiger partial charge in [-0.05, 0) is 48.6 Å². The van der Waals surface area contributed by atoms with Gasteiger partial charge in [-0.15, -0.1) is 0 Å². The first-order chi connectivity index (χ1) is 10.3. The fraction of sp³-hybridized carbons (Fsp3) is 0.333. The Morgan fingerprint density at radius 3 is 2.90 bits per heavy atom. The third-order valence-corrected chi connectivity index (χ3v) is 4.16. The molecule has 1 atom stereocenters. The zero-order valence-electron chi connectivity index (χ0n) is 12.2. The van der Waals surface area contributed by atoms with Gasteiger partial charge in [0.05, 0.1) is 17.7 Å². The molecule has 1 aliphatic carbocycles. The van der Waals surface area contributed by atoms with Crippen LogP contribution in [-0.2, 0) is 6.42 Å². The molecule has 2 nitrogen and oxygen atoms in total. The lowest BCUT2D eigenvalue weighted by atomic mass is 10.1. The van der Waals surface area contributed by atoms with E-state index < -0.39 is 0 Å². The average Bonchev–Trinajstić information content (AvgIpc) is 2.90. The lowest BCUT2D eigenvalue weighted by Crippen LogP contribution is -2.07. The average molecular weight is 302 g/mol. The smallest absolute Gasteiger partial charge is 0.138 e. The minimum Gasteiger partial charge on any atom is -0.492 e. The van der Waals surface area contributed by atoms with E-state index in [0.29, 0.717) is 17.7 Å². The summed E-state index contributed by atoms with van der Waals surface area (Å²) in [5.74, 6) is 0.760. The fourth-order valence-electron chi connectivity index (χ4n) is 2.83. The van der Waals surface area contributed by atoms with Crippen LogP contribution in [0.5, 0.6) is 5.75 Å². The summed E-state index contributed by atoms with van der Waals surface area (Å²) >= 11 is 6.29. The molecule has 0 bridgehead atoms. The molecule has 0 saturated heterocycles. The second-order valence-corrected chi connectivity index (χ2v) is 5.84. The van der Waals surface area contributed by atoms with Gasteiger partial charge in [0.2, 0.25) is 0 Å². The summed E-state index contributed by atoms with van der Waals surface area (Å²) in [7, 11) is 0. The predicted molar refractivity (Wildman–Crippen MR) is 88.4 cm³/mol. The van der Waals surface area contributed by atoms with Crippen molar-refractivity contribution in [2.75, 3.05) is 11.9 Å². The number of rotatable bonds is 5. The van der Waals surface area contributed by atoms with Crippen molar-refractivity contribution >= 4 is 17.3 Å². The van der Waals surface area contributed by atoms with Gasteiger partial charge >= 0.3 is 0 Å². The molecule has 0 aromatic heterocycles. The summed E-state index contributed by atoms with van der Waals surface area (Å²) in [5, 5.41) is 4.25. The molecular weight excluding hydrogens is 282 g/mol. The molecule has 110 valence electrons. The van der Waals surface area contributed by atoms with Crippen LogP contribution in [0.3, 0.4) is 0 Å². The SMILES string of the molecule is CCCOc1ccc(NC2CCc3ccccc32)cc1Cl. The number of hydrogen-bond acceptors (Lipinski definition) is 2. The summed E-state index contributed by atoms with van der Waals surface area (Å²) in [6.07, 6.45) is 3.25. The van der Waals surface area contributed by atoms with Gasteiger partial charge in [0.25, 0.3) is 0 Å². The van der Waals surface area contributed by atoms with Crippen LogP contribution >= 0.6 is 11.6 Å². The van der Waals surface area contributed by atoms with Crippen molar-refractivity contribution < 1.29 is 4.74 Å². The van der Waals surface area contributed by atoms with Crippen molar-refractivity contribution in [2.24, 2.45) is 0 Å². The van der Waals surface area contributed by atoms with E-state index in [-0.39, 0.29) is 0 Å². The van der Waals surface area contributed by atoms with Gasteiger partial charge in [-0.3, -0.25) is 0 Å². The first-order valence-corrected chi connectivity index (χ1v) is 7.92. The molecule has 21 heavy (non-hydrogen) atoms. The first-order valence-electron chi connectivity index (χ1n) is 7.54. The predicted octanol–water partition coefficient (Wildman–Crippen LogP) is 5.23. The number of aryl methyl sites for hydroxylation is 1. The number of hydrogen-bond donors (Lipinski definition) is 1. The Morgan fingerprint density at radius 1 is 1.24 bits per heavy atom. The van der Waals surface area contributed by atoms with Gasteiger partial charge < -0.3 is 10.1 Å². The molecule has 2 aromatic carbocycles. The van der Waals surface area contributed by atoms with E-state index in [1.165, 1.54) is 11.1 Å². The molecule has 0 spiro atoms. The Labute approximate surface area is 131 Å². The van der Waals surface area contributed by atoms with E-state index in [9.17, 15) is 0 Å². The lowest BCUT2D eigenvalue weighted by molar-refractivity contribution is 0.317. The lowest BCUT2D eigenvalue weighted by Gasteiger charge is -2.16. The van der Waals surface area contributed by atoms with Crippen LogP contribution in [-0.4, -0.2) is 6.61 Å². The molecule has 0 fully saturated rings. The van der Waals surface area contributed by atoms with E-state index in [1.807, 2.05) is 18.2 Å². The Kier molecular flexibility index (Phi) is 4.35. The van der Waals surface area contributed by atoms with E-state index in [1.54, 1.807) is 0 Å². The quantitative estimate of drug-likeness (QED) is 0.816. The fourth-order valence-corrected chi connectivity index (χ4v) is 3.06. The highest BCUT2D eigenvalue weighted by Gasteiger charge is 2.21. The molecule has 0 radical (unpaired) electrons. The van der Waals surface area contributed by atoms with E-state index in [2.05, 4.69) is 36.5 Å². The van der Waals surface area contributed by atoms with Crippen molar-refractivity contribution in [3.8, 4) is 5.75 Å². The Balaban J connectivity index is 1.73. The van der Waals surface area contributed by atoms with Crippen LogP contribution in [0, 0.1) is 0 Å². The third kappa shape index (κ3) is 3.16. The monoisotopic (exact) mass is 301 g/mol. The molecule has 0 amide bonds. The first kappa shape index (κ1) is 14.3. The molecule has 0 aliphatic heterocycles. The Morgan fingerprint density at radius 2 is 2.10 bits per heavy atom. The standard InChI is InChI=1S/C18H20ClNO/c1-2-11-21-18-10-8-14(12-16(18)19)20-17-9-7-13-5-3-4-6-15(13)17/h3-6,8,10,12,17,20H,2,7,9,11H2,1H3. The minimum absolute atomic E-state index is 0.375. The number of benzene rings is 2. The third-order valence-electron chi connectivity index (χ3n) is 3.87. The zero-order chi connectivity index (χ0) is 14.7. The molecule has 1 aliphatic rings. The summed E-state index contributed by atoms with van der Waals surface area (Å²) in [6, 6.07) is 14.9. The summed E-state index contributed by atoms with van der Waals surface area (Å²) < 4.78 is 5.61. The highest BCUT2D eigenvalue weighted by Crippen LogP contribution is 2.35. The second kappa shape index (κ2) is 6.40. The minimum atomic E-state index is 0.375. The largest absolute Gasteiger partial charge is 0.492 e. The van der Waals surface area contributed by atoms with E-state index in [0.717, 1.165) is 30.7 Å². The number of ether oxygens (including phenoxy) is 1. The van der Waals surface area contributed by atoms with Gasteiger partial charge in [-0.25, -0.2) is 0 Å². The molecular formula is C18H20ClNO. The highest BCUT2D eigenvalue weighted by atomic mass is 35.5. The van der Waals surface area contributed by atoms with Crippen LogP contribution in [0.15, 0.2) is 42.5 Å². The van der Waals surface area contributed by atoms with Crippen LogP contribution < -0.4 is 10.1 Å². The van der Waals surface area contributed by atoms with Gasteiger partial charge in [0, 0.05) is 5.69 Å². The number of halogens is 1. The molecule has 0 heterocycles. The van der Waals surface area contributed by atoms with Crippen molar-refractivity contribution in [3.05, 3.63) is 58.6 Å². The molecule has 0 saturated carbocycles. The molecule has 3 heteroatoms. The second-order valence-electron chi connectivity index (χ2n) is 5.43. The maximum atomic E-state index is 6.29. The van der Waals surface area contributed by atoms with Gasteiger partial charge in [-0.1, -0.05) is 42.8 Å². The van der Waals surface area contributed by atoms with Crippen LogP contribution in [0.1, 0.15) is 36.9 Å². The Bertz CT molecular complexity index is 626. The maximum absolute atomic E-state index is 6.29. The number of anilines is 1. The number of nitrogens with one attached hydrogen (secondary N) is 1. The highest BCUT2D eigenvalue weighted by molar-refractivity contribution is 6.32. The summed E-state index contributed by atoms with van der Waals surface area (Å²) in [4.78, 5) is 0. The van der Waals surface area contributed by atoms with Crippen LogP contribution in [0.4, 0.5) is 5.69 Å². The van der Waals surface area contributed by atoms with Crippen LogP contribution in [0.25, 0.3) is 0 Å². The van der Waals surface area contributed by atoms with E-state index in [4.69, 9.17) is 16.3 Å². The summed E-state index contributed by atoms with van der Waals surface area (Å²) in [5.41, 5.74) is 3.90. The molecule has 2 aromatic rings. The molecule has 1 unspecified atom stereocenters. The normalized spacial score (nSPS) is 16.6. The number of fused-ring (bicyclic) bond motifs is 1. The van der Waals surface area contributed by atoms with Crippen molar-refractivity contribution in [1.29, 1.82) is 0 Å². The van der Waals surface area contributed by atoms with Crippen molar-refractivity contribution in [3.63, 3.8) is 0 Å². The zero-order valence-corrected chi connectivity index (χ0v) is 13.0. The van der Waals surface area contributed by atoms with Crippen LogP contribution in [0.2, 0.25) is 5.02 Å². The van der Waals surface area contributed by atoms with Crippen molar-refractivity contribution in [2.45, 2.75) is 32.2 Å². The van der Waals surface area contributed by atoms with Gasteiger partial charge in [-0.2, -0.15) is 0 Å². The summed E-state index contributed by atoms with van der Waals surface area (Å²) in [6.45, 7) is 2.78. The topological polar surface area (TPSA) is 21.3 Å². The molecule has 3 rings (SSSR count). The maximum Gasteiger partial charge on any atom is 0.138 e. The molecule has 1 N–H and O–H groups in total. The van der Waals surface area contributed by atoms with Gasteiger partial charge in [0.1, 0.15) is 5.75 Å².